The van der Waals surface area contributed by atoms with Gasteiger partial charge < -0.3 is 14.9 Å². The van der Waals surface area contributed by atoms with Crippen molar-refractivity contribution in [2.75, 3.05) is 45.8 Å². The maximum atomic E-state index is 12.1. The van der Waals surface area contributed by atoms with E-state index in [1.807, 2.05) is 4.90 Å². The van der Waals surface area contributed by atoms with Gasteiger partial charge in [-0.3, -0.25) is 14.5 Å². The number of piperazine rings is 1. The third kappa shape index (κ3) is 3.91. The van der Waals surface area contributed by atoms with Crippen LogP contribution in [-0.2, 0) is 9.59 Å². The fraction of sp³-hybridized carbons (Fsp3) is 0.846. The van der Waals surface area contributed by atoms with Crippen LogP contribution in [0.2, 0.25) is 0 Å². The number of amides is 2. The molecule has 6 heteroatoms. The summed E-state index contributed by atoms with van der Waals surface area (Å²) in [6.45, 7) is 6.13. The lowest BCUT2D eigenvalue weighted by atomic mass is 10.1. The van der Waals surface area contributed by atoms with E-state index in [9.17, 15) is 14.7 Å². The van der Waals surface area contributed by atoms with E-state index < -0.39 is 0 Å². The second-order valence-electron chi connectivity index (χ2n) is 5.39. The normalized spacial score (nSPS) is 22.6. The molecule has 2 aliphatic heterocycles. The first-order valence-electron chi connectivity index (χ1n) is 7.00. The number of likely N-dealkylation sites (tertiary alicyclic amines) is 1. The van der Waals surface area contributed by atoms with Crippen molar-refractivity contribution in [2.24, 2.45) is 0 Å². The second-order valence-corrected chi connectivity index (χ2v) is 5.39. The minimum atomic E-state index is -0.203. The second kappa shape index (κ2) is 6.34. The number of hydrogen-bond donors (Lipinski definition) is 1. The highest BCUT2D eigenvalue weighted by Gasteiger charge is 2.25. The highest BCUT2D eigenvalue weighted by molar-refractivity contribution is 5.79. The molecule has 0 aromatic carbocycles. The van der Waals surface area contributed by atoms with Gasteiger partial charge in [-0.05, 0) is 12.8 Å². The Bertz CT molecular complexity index is 332. The number of carbonyl (C=O) groups excluding carboxylic acids is 2. The van der Waals surface area contributed by atoms with Crippen LogP contribution in [0.15, 0.2) is 0 Å². The largest absolute Gasteiger partial charge is 0.393 e. The van der Waals surface area contributed by atoms with Crippen molar-refractivity contribution in [1.29, 1.82) is 0 Å². The summed E-state index contributed by atoms with van der Waals surface area (Å²) in [7, 11) is 0. The minimum Gasteiger partial charge on any atom is -0.393 e. The third-order valence-electron chi connectivity index (χ3n) is 3.99. The third-order valence-corrected chi connectivity index (χ3v) is 3.99. The number of aliphatic hydroxyl groups excluding tert-OH is 1. The summed E-state index contributed by atoms with van der Waals surface area (Å²) in [4.78, 5) is 29.1. The van der Waals surface area contributed by atoms with E-state index in [0.717, 1.165) is 25.9 Å². The van der Waals surface area contributed by atoms with Gasteiger partial charge in [0.15, 0.2) is 0 Å². The molecule has 0 aliphatic carbocycles. The van der Waals surface area contributed by atoms with Crippen LogP contribution < -0.4 is 0 Å². The monoisotopic (exact) mass is 269 g/mol. The first-order chi connectivity index (χ1) is 9.06. The van der Waals surface area contributed by atoms with Gasteiger partial charge in [-0.15, -0.1) is 0 Å². The van der Waals surface area contributed by atoms with Crippen LogP contribution in [0.1, 0.15) is 19.8 Å². The number of aliphatic hydroxyl groups is 1. The molecule has 1 N–H and O–H groups in total. The summed E-state index contributed by atoms with van der Waals surface area (Å²) in [6.07, 6.45) is 1.31. The van der Waals surface area contributed by atoms with Crippen LogP contribution in [0.4, 0.5) is 0 Å². The molecule has 19 heavy (non-hydrogen) atoms. The predicted molar refractivity (Wildman–Crippen MR) is 70.5 cm³/mol. The van der Waals surface area contributed by atoms with Crippen molar-refractivity contribution >= 4 is 11.8 Å². The van der Waals surface area contributed by atoms with Crippen molar-refractivity contribution in [3.63, 3.8) is 0 Å². The van der Waals surface area contributed by atoms with Gasteiger partial charge in [0.1, 0.15) is 0 Å². The Labute approximate surface area is 114 Å². The molecule has 0 bridgehead atoms. The molecule has 2 saturated heterocycles. The fourth-order valence-corrected chi connectivity index (χ4v) is 2.64. The van der Waals surface area contributed by atoms with Crippen LogP contribution in [0.5, 0.6) is 0 Å². The average Bonchev–Trinajstić information content (AvgIpc) is 2.41. The Balaban J connectivity index is 1.74. The summed E-state index contributed by atoms with van der Waals surface area (Å²) in [5.41, 5.74) is 0. The van der Waals surface area contributed by atoms with E-state index in [0.29, 0.717) is 32.7 Å². The van der Waals surface area contributed by atoms with Gasteiger partial charge in [0.25, 0.3) is 0 Å². The summed E-state index contributed by atoms with van der Waals surface area (Å²) < 4.78 is 0. The maximum Gasteiger partial charge on any atom is 0.236 e. The number of carbonyl (C=O) groups is 2. The molecule has 0 saturated carbocycles. The van der Waals surface area contributed by atoms with Crippen LogP contribution in [-0.4, -0.2) is 83.5 Å². The molecule has 0 aromatic rings. The highest BCUT2D eigenvalue weighted by Crippen LogP contribution is 2.10. The lowest BCUT2D eigenvalue weighted by Crippen LogP contribution is -2.52. The predicted octanol–water partition coefficient (Wildman–Crippen LogP) is -0.866. The first-order valence-corrected chi connectivity index (χ1v) is 7.00. The summed E-state index contributed by atoms with van der Waals surface area (Å²) in [5.74, 6) is 0.219. The molecule has 0 atom stereocenters. The minimum absolute atomic E-state index is 0.0807. The van der Waals surface area contributed by atoms with Crippen molar-refractivity contribution in [3.05, 3.63) is 0 Å². The molecule has 2 aliphatic rings. The average molecular weight is 269 g/mol. The van der Waals surface area contributed by atoms with E-state index in [1.54, 1.807) is 11.8 Å². The highest BCUT2D eigenvalue weighted by atomic mass is 16.3. The zero-order valence-electron chi connectivity index (χ0n) is 11.5. The number of nitrogens with zero attached hydrogens (tertiary/aromatic N) is 3. The van der Waals surface area contributed by atoms with Crippen LogP contribution in [0, 0.1) is 0 Å². The lowest BCUT2D eigenvalue weighted by Gasteiger charge is -2.36. The van der Waals surface area contributed by atoms with Gasteiger partial charge in [-0.25, -0.2) is 0 Å². The van der Waals surface area contributed by atoms with E-state index in [4.69, 9.17) is 0 Å². The summed E-state index contributed by atoms with van der Waals surface area (Å²) >= 11 is 0. The van der Waals surface area contributed by atoms with Gasteiger partial charge in [-0.1, -0.05) is 0 Å². The zero-order valence-corrected chi connectivity index (χ0v) is 11.5. The van der Waals surface area contributed by atoms with Crippen LogP contribution >= 0.6 is 0 Å². The molecule has 0 spiro atoms. The molecule has 0 radical (unpaired) electrons. The van der Waals surface area contributed by atoms with Crippen LogP contribution in [0.3, 0.4) is 0 Å². The smallest absolute Gasteiger partial charge is 0.236 e. The molecule has 0 unspecified atom stereocenters. The molecule has 2 fully saturated rings. The van der Waals surface area contributed by atoms with Crippen molar-refractivity contribution in [3.8, 4) is 0 Å². The zero-order chi connectivity index (χ0) is 13.8. The molecule has 2 amide bonds. The van der Waals surface area contributed by atoms with Gasteiger partial charge in [0.05, 0.1) is 12.6 Å². The summed E-state index contributed by atoms with van der Waals surface area (Å²) in [5, 5.41) is 9.43. The Morgan fingerprint density at radius 2 is 1.53 bits per heavy atom. The van der Waals surface area contributed by atoms with Gasteiger partial charge in [0, 0.05) is 46.2 Å². The quantitative estimate of drug-likeness (QED) is 0.708. The van der Waals surface area contributed by atoms with Gasteiger partial charge in [-0.2, -0.15) is 0 Å². The Kier molecular flexibility index (Phi) is 4.76. The molecule has 108 valence electrons. The lowest BCUT2D eigenvalue weighted by molar-refractivity contribution is -0.139. The Hall–Kier alpha value is -1.14. The number of rotatable bonds is 2. The van der Waals surface area contributed by atoms with E-state index in [2.05, 4.69) is 4.90 Å². The fourth-order valence-electron chi connectivity index (χ4n) is 2.64. The standard InChI is InChI=1S/C13H23N3O3/c1-11(17)15-6-8-16(9-7-15)13(19)10-14-4-2-12(18)3-5-14/h12,18H,2-10H2,1H3. The Morgan fingerprint density at radius 3 is 2.05 bits per heavy atom. The molecule has 6 nitrogen and oxygen atoms in total. The van der Waals surface area contributed by atoms with E-state index in [-0.39, 0.29) is 17.9 Å². The number of piperidine rings is 1. The van der Waals surface area contributed by atoms with E-state index in [1.165, 1.54) is 0 Å². The van der Waals surface area contributed by atoms with Crippen molar-refractivity contribution in [2.45, 2.75) is 25.9 Å². The molecule has 2 heterocycles. The maximum absolute atomic E-state index is 12.1. The van der Waals surface area contributed by atoms with Gasteiger partial charge in [0.2, 0.25) is 11.8 Å². The van der Waals surface area contributed by atoms with Crippen LogP contribution in [0.25, 0.3) is 0 Å². The SMILES string of the molecule is CC(=O)N1CCN(C(=O)CN2CCC(O)CC2)CC1. The van der Waals surface area contributed by atoms with E-state index >= 15 is 0 Å². The van der Waals surface area contributed by atoms with Gasteiger partial charge >= 0.3 is 0 Å². The number of hydrogen-bond acceptors (Lipinski definition) is 4. The topological polar surface area (TPSA) is 64.1 Å². The van der Waals surface area contributed by atoms with Crippen molar-refractivity contribution in [1.82, 2.24) is 14.7 Å². The summed E-state index contributed by atoms with van der Waals surface area (Å²) in [6, 6.07) is 0. The first kappa shape index (κ1) is 14.3. The molecule has 0 aromatic heterocycles. The molecule has 2 rings (SSSR count). The molecular weight excluding hydrogens is 246 g/mol. The molecular formula is C13H23N3O3. The Morgan fingerprint density at radius 1 is 1.00 bits per heavy atom. The van der Waals surface area contributed by atoms with Crippen molar-refractivity contribution < 1.29 is 14.7 Å².